The van der Waals surface area contributed by atoms with Crippen LogP contribution in [0.4, 0.5) is 23.3 Å². The van der Waals surface area contributed by atoms with E-state index in [1.807, 2.05) is 0 Å². The molecule has 0 fully saturated rings. The predicted molar refractivity (Wildman–Crippen MR) is 346 cm³/mol. The molecule has 11 heteroatoms. The maximum absolute atomic E-state index is 5.23. The van der Waals surface area contributed by atoms with E-state index in [1.165, 1.54) is 239 Å². The van der Waals surface area contributed by atoms with Crippen LogP contribution in [-0.2, 0) is 0 Å². The number of benzene rings is 3. The first-order chi connectivity index (χ1) is 36.9. The minimum atomic E-state index is 0.573. The highest BCUT2D eigenvalue weighted by Gasteiger charge is 2.19. The first-order valence-corrected chi connectivity index (χ1v) is 36.3. The van der Waals surface area contributed by atoms with Crippen LogP contribution in [0.5, 0.6) is 0 Å². The van der Waals surface area contributed by atoms with E-state index in [0.29, 0.717) is 17.7 Å². The summed E-state index contributed by atoms with van der Waals surface area (Å²) in [7, 11) is 0. The quantitative estimate of drug-likeness (QED) is 0.0329. The van der Waals surface area contributed by atoms with Crippen molar-refractivity contribution in [1.29, 1.82) is 0 Å². The molecule has 0 bridgehead atoms. The highest BCUT2D eigenvalue weighted by molar-refractivity contribution is 8.04. The van der Waals surface area contributed by atoms with Gasteiger partial charge in [-0.3, -0.25) is 0 Å². The van der Waals surface area contributed by atoms with Gasteiger partial charge in [0.2, 0.25) is 11.9 Å². The molecule has 0 aliphatic rings. The van der Waals surface area contributed by atoms with Gasteiger partial charge in [0.05, 0.1) is 0 Å². The summed E-state index contributed by atoms with van der Waals surface area (Å²) in [4.78, 5) is 24.2. The molecule has 420 valence electrons. The number of rotatable bonds is 47. The van der Waals surface area contributed by atoms with Crippen molar-refractivity contribution in [2.45, 2.75) is 270 Å². The van der Waals surface area contributed by atoms with Crippen LogP contribution in [0.25, 0.3) is 11.4 Å². The molecule has 1 heterocycles. The van der Waals surface area contributed by atoms with Crippen LogP contribution in [0, 0.1) is 6.92 Å². The Morgan fingerprint density at radius 1 is 0.320 bits per heavy atom. The number of nitrogens with zero attached hydrogens (tertiary/aromatic N) is 3. The van der Waals surface area contributed by atoms with E-state index in [9.17, 15) is 0 Å². The van der Waals surface area contributed by atoms with Crippen molar-refractivity contribution in [2.75, 3.05) is 45.2 Å². The molecule has 0 amide bonds. The second-order valence-corrected chi connectivity index (χ2v) is 27.4. The Hall–Kier alpha value is -1.63. The zero-order chi connectivity index (χ0) is 53.4. The third-order valence-corrected chi connectivity index (χ3v) is 21.0. The zero-order valence-corrected chi connectivity index (χ0v) is 53.3. The number of nitrogens with one attached hydrogen (secondary N) is 2. The second-order valence-electron chi connectivity index (χ2n) is 20.6. The average molecular weight is 1130 g/mol. The molecule has 0 atom stereocenters. The molecule has 0 saturated carbocycles. The summed E-state index contributed by atoms with van der Waals surface area (Å²) < 4.78 is 0. The van der Waals surface area contributed by atoms with Gasteiger partial charge in [-0.15, -0.1) is 70.6 Å². The largest absolute Gasteiger partial charge is 0.324 e. The van der Waals surface area contributed by atoms with Crippen molar-refractivity contribution >= 4 is 93.8 Å². The van der Waals surface area contributed by atoms with E-state index in [-0.39, 0.29) is 0 Å². The van der Waals surface area contributed by atoms with Crippen LogP contribution in [-0.4, -0.2) is 49.5 Å². The lowest BCUT2D eigenvalue weighted by Crippen LogP contribution is -2.06. The fraction of sp³-hybridized carbons (Fsp3) is 0.672. The van der Waals surface area contributed by atoms with Gasteiger partial charge in [0.15, 0.2) is 5.82 Å². The molecule has 3 aromatic carbocycles. The lowest BCUT2D eigenvalue weighted by atomic mass is 10.1. The molecule has 5 nitrogen and oxygen atoms in total. The van der Waals surface area contributed by atoms with Crippen molar-refractivity contribution in [3.8, 4) is 11.4 Å². The average Bonchev–Trinajstić information content (AvgIpc) is 3.41. The summed E-state index contributed by atoms with van der Waals surface area (Å²) in [6, 6.07) is 18.2. The minimum Gasteiger partial charge on any atom is -0.324 e. The van der Waals surface area contributed by atoms with E-state index in [0.717, 1.165) is 39.9 Å². The van der Waals surface area contributed by atoms with Gasteiger partial charge in [-0.25, -0.2) is 0 Å². The number of aromatic nitrogens is 3. The maximum Gasteiger partial charge on any atom is 0.232 e. The molecule has 0 unspecified atom stereocenters. The van der Waals surface area contributed by atoms with E-state index < -0.39 is 0 Å². The van der Waals surface area contributed by atoms with Crippen molar-refractivity contribution in [1.82, 2.24) is 15.0 Å². The number of hydrogen-bond acceptors (Lipinski definition) is 11. The van der Waals surface area contributed by atoms with Crippen LogP contribution in [0.15, 0.2) is 77.9 Å². The van der Waals surface area contributed by atoms with E-state index in [1.54, 1.807) is 0 Å². The topological polar surface area (TPSA) is 62.7 Å². The van der Waals surface area contributed by atoms with E-state index in [4.69, 9.17) is 15.0 Å². The third kappa shape index (κ3) is 28.4. The zero-order valence-electron chi connectivity index (χ0n) is 48.4. The Kier molecular flexibility index (Phi) is 38.0. The molecule has 2 N–H and O–H groups in total. The summed E-state index contributed by atoms with van der Waals surface area (Å²) >= 11 is 12.4. The van der Waals surface area contributed by atoms with Gasteiger partial charge >= 0.3 is 0 Å². The fourth-order valence-corrected chi connectivity index (χ4v) is 16.4. The molecular formula is C64H103N5S6. The number of anilines is 4. The molecule has 4 aromatic rings. The molecule has 0 saturated heterocycles. The Morgan fingerprint density at radius 3 is 0.867 bits per heavy atom. The first-order valence-electron chi connectivity index (χ1n) is 30.4. The lowest BCUT2D eigenvalue weighted by Gasteiger charge is -2.19. The Balaban J connectivity index is 1.77. The summed E-state index contributed by atoms with van der Waals surface area (Å²) in [6.07, 6.45) is 39.1. The molecule has 0 radical (unpaired) electrons. The van der Waals surface area contributed by atoms with Gasteiger partial charge in [0.25, 0.3) is 0 Å². The van der Waals surface area contributed by atoms with Crippen LogP contribution in [0.2, 0.25) is 0 Å². The standard InChI is InChI=1S/C64H103N5S6/c1-8-14-20-26-32-42-70-56-48-54(49-57(71-43-33-27-21-15-9-2)60(56)74-46-36-30-24-18-12-5)65-63-67-62(53-40-38-52(7)39-41-53)68-64(69-63)66-55-50-58(72-44-34-28-22-16-10-3)61(75-47-37-31-25-19-13-6)59(51-55)73-45-35-29-23-17-11-4/h38-41,48-51H,8-37,42-47H2,1-7H3,(H2,65,66,67,68,69). The van der Waals surface area contributed by atoms with Crippen molar-refractivity contribution in [3.63, 3.8) is 0 Å². The van der Waals surface area contributed by atoms with Crippen LogP contribution in [0.1, 0.15) is 240 Å². The summed E-state index contributed by atoms with van der Waals surface area (Å²) in [5, 5.41) is 7.62. The van der Waals surface area contributed by atoms with E-state index in [2.05, 4.69) is 178 Å². The first kappa shape index (κ1) is 65.9. The SMILES string of the molecule is CCCCCCCSc1cc(Nc2nc(Nc3cc(SCCCCCCC)c(SCCCCCCC)c(SCCCCCCC)c3)nc(-c3ccc(C)cc3)n2)cc(SCCCCCCC)c1SCCCCCCC. The van der Waals surface area contributed by atoms with Crippen molar-refractivity contribution in [2.24, 2.45) is 0 Å². The Labute approximate surface area is 486 Å². The third-order valence-electron chi connectivity index (χ3n) is 13.5. The molecule has 0 aliphatic heterocycles. The highest BCUT2D eigenvalue weighted by atomic mass is 32.2. The number of aryl methyl sites for hydroxylation is 1. The summed E-state index contributed by atoms with van der Waals surface area (Å²) in [5.41, 5.74) is 4.33. The molecule has 0 spiro atoms. The predicted octanol–water partition coefficient (Wildman–Crippen LogP) is 23.7. The molecular weight excluding hydrogens is 1030 g/mol. The molecule has 4 rings (SSSR count). The second kappa shape index (κ2) is 43.2. The molecule has 75 heavy (non-hydrogen) atoms. The normalized spacial score (nSPS) is 11.5. The van der Waals surface area contributed by atoms with Crippen molar-refractivity contribution in [3.05, 3.63) is 54.1 Å². The maximum atomic E-state index is 5.23. The van der Waals surface area contributed by atoms with Gasteiger partial charge in [-0.2, -0.15) is 15.0 Å². The summed E-state index contributed by atoms with van der Waals surface area (Å²) in [5.74, 6) is 8.73. The lowest BCUT2D eigenvalue weighted by molar-refractivity contribution is 0.658. The van der Waals surface area contributed by atoms with Crippen LogP contribution in [0.3, 0.4) is 0 Å². The minimum absolute atomic E-state index is 0.573. The van der Waals surface area contributed by atoms with Crippen molar-refractivity contribution < 1.29 is 0 Å². The summed E-state index contributed by atoms with van der Waals surface area (Å²) in [6.45, 7) is 16.0. The molecule has 0 aliphatic carbocycles. The Morgan fingerprint density at radius 2 is 0.587 bits per heavy atom. The van der Waals surface area contributed by atoms with Gasteiger partial charge in [-0.05, 0) is 104 Å². The highest BCUT2D eigenvalue weighted by Crippen LogP contribution is 2.45. The number of thioether (sulfide) groups is 6. The van der Waals surface area contributed by atoms with Crippen LogP contribution < -0.4 is 10.6 Å². The van der Waals surface area contributed by atoms with Gasteiger partial charge < -0.3 is 10.6 Å². The van der Waals surface area contributed by atoms with Crippen LogP contribution >= 0.6 is 70.6 Å². The smallest absolute Gasteiger partial charge is 0.232 e. The fourth-order valence-electron chi connectivity index (χ4n) is 8.90. The number of unbranched alkanes of at least 4 members (excludes halogenated alkanes) is 24. The van der Waals surface area contributed by atoms with E-state index >= 15 is 0 Å². The monoisotopic (exact) mass is 1130 g/mol. The van der Waals surface area contributed by atoms with Gasteiger partial charge in [0.1, 0.15) is 0 Å². The Bertz CT molecular complexity index is 1870. The molecule has 1 aromatic heterocycles. The van der Waals surface area contributed by atoms with Gasteiger partial charge in [0, 0.05) is 46.3 Å². The van der Waals surface area contributed by atoms with Gasteiger partial charge in [-0.1, -0.05) is 225 Å². The number of hydrogen-bond donors (Lipinski definition) is 2.